The zero-order valence-electron chi connectivity index (χ0n) is 13.0. The molecule has 0 amide bonds. The van der Waals surface area contributed by atoms with Crippen LogP contribution in [0.1, 0.15) is 26.2 Å². The fourth-order valence-electron chi connectivity index (χ4n) is 2.85. The van der Waals surface area contributed by atoms with Crippen LogP contribution in [-0.4, -0.2) is 32.3 Å². The summed E-state index contributed by atoms with van der Waals surface area (Å²) < 4.78 is 10.5. The summed E-state index contributed by atoms with van der Waals surface area (Å²) in [4.78, 5) is 14.5. The SMILES string of the molecule is COC(=O)[C@@]1(C)CCC/C=C\CN1c1ccccc1OC. The number of methoxy groups -OCH3 is 2. The van der Waals surface area contributed by atoms with Crippen molar-refractivity contribution < 1.29 is 14.3 Å². The topological polar surface area (TPSA) is 38.8 Å². The van der Waals surface area contributed by atoms with Crippen molar-refractivity contribution in [3.8, 4) is 5.75 Å². The van der Waals surface area contributed by atoms with Gasteiger partial charge in [0.25, 0.3) is 0 Å². The molecule has 0 N–H and O–H groups in total. The molecule has 0 saturated carbocycles. The molecule has 1 atom stereocenters. The molecule has 1 aromatic carbocycles. The van der Waals surface area contributed by atoms with Gasteiger partial charge in [-0.05, 0) is 38.3 Å². The molecule has 0 spiro atoms. The lowest BCUT2D eigenvalue weighted by Crippen LogP contribution is -2.54. The van der Waals surface area contributed by atoms with E-state index in [-0.39, 0.29) is 5.97 Å². The zero-order chi connectivity index (χ0) is 15.3. The van der Waals surface area contributed by atoms with Gasteiger partial charge in [0.05, 0.1) is 19.9 Å². The molecule has 4 heteroatoms. The quantitative estimate of drug-likeness (QED) is 0.633. The number of hydrogen-bond donors (Lipinski definition) is 0. The van der Waals surface area contributed by atoms with Crippen molar-refractivity contribution in [3.63, 3.8) is 0 Å². The van der Waals surface area contributed by atoms with Crippen LogP contribution in [0.15, 0.2) is 36.4 Å². The van der Waals surface area contributed by atoms with E-state index in [0.717, 1.165) is 30.7 Å². The van der Waals surface area contributed by atoms with E-state index in [2.05, 4.69) is 17.1 Å². The van der Waals surface area contributed by atoms with Crippen LogP contribution in [0.4, 0.5) is 5.69 Å². The molecule has 21 heavy (non-hydrogen) atoms. The van der Waals surface area contributed by atoms with E-state index in [9.17, 15) is 4.79 Å². The highest BCUT2D eigenvalue weighted by Crippen LogP contribution is 2.36. The number of carbonyl (C=O) groups is 1. The summed E-state index contributed by atoms with van der Waals surface area (Å²) in [5, 5.41) is 0. The van der Waals surface area contributed by atoms with Crippen LogP contribution in [0.5, 0.6) is 5.75 Å². The Bertz CT molecular complexity index is 527. The minimum absolute atomic E-state index is 0.205. The number of benzene rings is 1. The second kappa shape index (κ2) is 6.66. The first-order chi connectivity index (χ1) is 10.1. The van der Waals surface area contributed by atoms with Gasteiger partial charge >= 0.3 is 5.97 Å². The van der Waals surface area contributed by atoms with Gasteiger partial charge in [0, 0.05) is 6.54 Å². The third-order valence-electron chi connectivity index (χ3n) is 4.09. The maximum Gasteiger partial charge on any atom is 0.331 e. The second-order valence-corrected chi connectivity index (χ2v) is 5.41. The molecule has 4 nitrogen and oxygen atoms in total. The highest BCUT2D eigenvalue weighted by Gasteiger charge is 2.41. The monoisotopic (exact) mass is 289 g/mol. The molecule has 0 aliphatic carbocycles. The highest BCUT2D eigenvalue weighted by atomic mass is 16.5. The summed E-state index contributed by atoms with van der Waals surface area (Å²) in [6.07, 6.45) is 6.97. The Balaban J connectivity index is 2.49. The predicted molar refractivity (Wildman–Crippen MR) is 83.8 cm³/mol. The Morgan fingerprint density at radius 1 is 1.24 bits per heavy atom. The molecule has 1 aromatic rings. The molecule has 0 bridgehead atoms. The maximum absolute atomic E-state index is 12.4. The zero-order valence-corrected chi connectivity index (χ0v) is 13.0. The van der Waals surface area contributed by atoms with Crippen LogP contribution >= 0.6 is 0 Å². The molecule has 1 aliphatic heterocycles. The first kappa shape index (κ1) is 15.4. The lowest BCUT2D eigenvalue weighted by Gasteiger charge is -2.41. The Morgan fingerprint density at radius 2 is 2.00 bits per heavy atom. The number of carbonyl (C=O) groups excluding carboxylic acids is 1. The number of allylic oxidation sites excluding steroid dienone is 1. The van der Waals surface area contributed by atoms with Crippen molar-refractivity contribution in [2.75, 3.05) is 25.7 Å². The van der Waals surface area contributed by atoms with Crippen molar-refractivity contribution in [1.29, 1.82) is 0 Å². The summed E-state index contributed by atoms with van der Waals surface area (Å²) in [6.45, 7) is 2.61. The molecule has 2 rings (SSSR count). The number of rotatable bonds is 3. The fourth-order valence-corrected chi connectivity index (χ4v) is 2.85. The number of para-hydroxylation sites is 2. The van der Waals surface area contributed by atoms with Gasteiger partial charge in [-0.15, -0.1) is 0 Å². The minimum Gasteiger partial charge on any atom is -0.495 e. The molecule has 0 radical (unpaired) electrons. The molecule has 114 valence electrons. The van der Waals surface area contributed by atoms with Gasteiger partial charge in [-0.2, -0.15) is 0 Å². The standard InChI is InChI=1S/C17H23NO3/c1-17(16(19)21-3)12-8-4-5-9-13-18(17)14-10-6-7-11-15(14)20-2/h5-7,9-11H,4,8,12-13H2,1-3H3/b9-5-/t17-/m1/s1. The predicted octanol–water partition coefficient (Wildman–Crippen LogP) is 3.17. The van der Waals surface area contributed by atoms with Gasteiger partial charge < -0.3 is 14.4 Å². The van der Waals surface area contributed by atoms with E-state index in [1.165, 1.54) is 7.11 Å². The third-order valence-corrected chi connectivity index (χ3v) is 4.09. The fraction of sp³-hybridized carbons (Fsp3) is 0.471. The normalized spacial score (nSPS) is 23.9. The van der Waals surface area contributed by atoms with Crippen molar-refractivity contribution in [2.24, 2.45) is 0 Å². The largest absolute Gasteiger partial charge is 0.495 e. The minimum atomic E-state index is -0.686. The molecule has 1 aliphatic rings. The van der Waals surface area contributed by atoms with E-state index in [0.29, 0.717) is 6.54 Å². The average molecular weight is 289 g/mol. The molecule has 0 fully saturated rings. The van der Waals surface area contributed by atoms with Gasteiger partial charge in [0.1, 0.15) is 11.3 Å². The van der Waals surface area contributed by atoms with Gasteiger partial charge in [0.15, 0.2) is 0 Å². The van der Waals surface area contributed by atoms with Crippen LogP contribution < -0.4 is 9.64 Å². The number of ether oxygens (including phenoxy) is 2. The van der Waals surface area contributed by atoms with Crippen molar-refractivity contribution in [2.45, 2.75) is 31.7 Å². The van der Waals surface area contributed by atoms with Crippen molar-refractivity contribution >= 4 is 11.7 Å². The van der Waals surface area contributed by atoms with Gasteiger partial charge in [-0.25, -0.2) is 4.79 Å². The van der Waals surface area contributed by atoms with E-state index < -0.39 is 5.54 Å². The summed E-state index contributed by atoms with van der Waals surface area (Å²) in [5.74, 6) is 0.560. The number of hydrogen-bond acceptors (Lipinski definition) is 4. The highest BCUT2D eigenvalue weighted by molar-refractivity contribution is 5.85. The van der Waals surface area contributed by atoms with Crippen molar-refractivity contribution in [3.05, 3.63) is 36.4 Å². The van der Waals surface area contributed by atoms with Crippen LogP contribution in [-0.2, 0) is 9.53 Å². The van der Waals surface area contributed by atoms with Crippen LogP contribution in [0.25, 0.3) is 0 Å². The van der Waals surface area contributed by atoms with Crippen LogP contribution in [0, 0.1) is 0 Å². The summed E-state index contributed by atoms with van der Waals surface area (Å²) in [5.41, 5.74) is 0.230. The van der Waals surface area contributed by atoms with Gasteiger partial charge in [-0.3, -0.25) is 0 Å². The third kappa shape index (κ3) is 3.04. The molecule has 0 unspecified atom stereocenters. The number of anilines is 1. The van der Waals surface area contributed by atoms with Crippen LogP contribution in [0.3, 0.4) is 0 Å². The molecular formula is C17H23NO3. The number of esters is 1. The maximum atomic E-state index is 12.4. The Morgan fingerprint density at radius 3 is 2.71 bits per heavy atom. The van der Waals surface area contributed by atoms with Crippen LogP contribution in [0.2, 0.25) is 0 Å². The Labute approximate surface area is 126 Å². The lowest BCUT2D eigenvalue weighted by molar-refractivity contribution is -0.146. The molecule has 0 aromatic heterocycles. The van der Waals surface area contributed by atoms with Crippen molar-refractivity contribution in [1.82, 2.24) is 0 Å². The van der Waals surface area contributed by atoms with Gasteiger partial charge in [-0.1, -0.05) is 24.3 Å². The summed E-state index contributed by atoms with van der Waals surface area (Å²) in [7, 11) is 3.09. The first-order valence-corrected chi connectivity index (χ1v) is 7.27. The Hall–Kier alpha value is -1.97. The van der Waals surface area contributed by atoms with E-state index in [4.69, 9.17) is 9.47 Å². The van der Waals surface area contributed by atoms with Gasteiger partial charge in [0.2, 0.25) is 0 Å². The van der Waals surface area contributed by atoms with E-state index in [1.54, 1.807) is 7.11 Å². The summed E-state index contributed by atoms with van der Waals surface area (Å²) >= 11 is 0. The summed E-state index contributed by atoms with van der Waals surface area (Å²) in [6, 6.07) is 7.78. The molecular weight excluding hydrogens is 266 g/mol. The van der Waals surface area contributed by atoms with E-state index >= 15 is 0 Å². The van der Waals surface area contributed by atoms with E-state index in [1.807, 2.05) is 31.2 Å². The molecule has 1 heterocycles. The average Bonchev–Trinajstić information content (AvgIpc) is 2.50. The first-order valence-electron chi connectivity index (χ1n) is 7.27. The second-order valence-electron chi connectivity index (χ2n) is 5.41. The molecule has 0 saturated heterocycles. The lowest BCUT2D eigenvalue weighted by atomic mass is 9.90. The Kier molecular flexibility index (Phi) is 4.89. The smallest absolute Gasteiger partial charge is 0.331 e. The number of nitrogens with zero attached hydrogens (tertiary/aromatic N) is 1.